The third-order valence-electron chi connectivity index (χ3n) is 5.07. The van der Waals surface area contributed by atoms with E-state index in [2.05, 4.69) is 22.9 Å². The van der Waals surface area contributed by atoms with Gasteiger partial charge in [-0.2, -0.15) is 18.4 Å². The van der Waals surface area contributed by atoms with Crippen molar-refractivity contribution < 1.29 is 27.2 Å². The molecule has 1 fully saturated rings. The molecule has 12 heteroatoms. The molecule has 7 nitrogen and oxygen atoms in total. The van der Waals surface area contributed by atoms with Crippen LogP contribution in [-0.2, 0) is 11.0 Å². The van der Waals surface area contributed by atoms with Crippen LogP contribution in [0.1, 0.15) is 35.5 Å². The number of aromatic nitrogens is 1. The van der Waals surface area contributed by atoms with Gasteiger partial charge >= 0.3 is 6.18 Å². The third kappa shape index (κ3) is 3.73. The van der Waals surface area contributed by atoms with E-state index in [9.17, 15) is 27.2 Å². The number of benzene rings is 1. The van der Waals surface area contributed by atoms with Gasteiger partial charge in [-0.15, -0.1) is 12.6 Å². The van der Waals surface area contributed by atoms with Gasteiger partial charge in [0.25, 0.3) is 11.8 Å². The molecule has 3 rings (SSSR count). The van der Waals surface area contributed by atoms with Crippen molar-refractivity contribution in [3.05, 3.63) is 53.1 Å². The number of alkyl halides is 3. The predicted octanol–water partition coefficient (Wildman–Crippen LogP) is 3.32. The summed E-state index contributed by atoms with van der Waals surface area (Å²) >= 11 is 4.41. The summed E-state index contributed by atoms with van der Waals surface area (Å²) in [6, 6.07) is 5.73. The van der Waals surface area contributed by atoms with E-state index in [1.54, 1.807) is 0 Å². The van der Waals surface area contributed by atoms with Gasteiger partial charge in [-0.1, -0.05) is 0 Å². The fourth-order valence-electron chi connectivity index (χ4n) is 3.48. The number of nitrogens with one attached hydrogen (secondary N) is 1. The van der Waals surface area contributed by atoms with Crippen LogP contribution in [0.25, 0.3) is 0 Å². The number of nitriles is 1. The van der Waals surface area contributed by atoms with Gasteiger partial charge in [-0.3, -0.25) is 14.5 Å². The number of hydrogen-bond acceptors (Lipinski definition) is 6. The van der Waals surface area contributed by atoms with Crippen molar-refractivity contribution in [1.29, 1.82) is 5.26 Å². The lowest BCUT2D eigenvalue weighted by atomic mass is 10.0. The molecule has 32 heavy (non-hydrogen) atoms. The molecule has 0 saturated carbocycles. The Balaban J connectivity index is 2.08. The molecule has 0 radical (unpaired) electrons. The van der Waals surface area contributed by atoms with Crippen LogP contribution in [0.4, 0.5) is 28.9 Å². The molecule has 168 valence electrons. The van der Waals surface area contributed by atoms with Crippen LogP contribution in [-0.4, -0.2) is 34.9 Å². The third-order valence-corrected chi connectivity index (χ3v) is 5.53. The Kier molecular flexibility index (Phi) is 5.82. The van der Waals surface area contributed by atoms with Gasteiger partial charge in [0, 0.05) is 12.7 Å². The lowest BCUT2D eigenvalue weighted by molar-refractivity contribution is -0.138. The van der Waals surface area contributed by atoms with Crippen LogP contribution < -0.4 is 15.1 Å². The average Bonchev–Trinajstić information content (AvgIpc) is 2.90. The van der Waals surface area contributed by atoms with Crippen molar-refractivity contribution >= 4 is 35.8 Å². The summed E-state index contributed by atoms with van der Waals surface area (Å²) in [5.74, 6) is -2.10. The number of hydrogen-bond donors (Lipinski definition) is 2. The summed E-state index contributed by atoms with van der Waals surface area (Å²) in [7, 11) is 1.35. The van der Waals surface area contributed by atoms with Gasteiger partial charge < -0.3 is 10.2 Å². The van der Waals surface area contributed by atoms with Crippen molar-refractivity contribution in [2.24, 2.45) is 0 Å². The molecule has 1 atom stereocenters. The summed E-state index contributed by atoms with van der Waals surface area (Å²) in [6.45, 7) is 3.01. The van der Waals surface area contributed by atoms with Gasteiger partial charge in [0.05, 0.1) is 23.0 Å². The monoisotopic (exact) mass is 467 g/mol. The molecule has 2 aromatic rings. The SMILES string of the molecule is CNC(=O)c1ccc(N2C(S)N(c3cnc(C#N)c(C(F)(F)F)c3)C(=O)C2(C)C)cc1F. The molecule has 0 bridgehead atoms. The minimum absolute atomic E-state index is 0.189. The topological polar surface area (TPSA) is 89.3 Å². The molecule has 1 unspecified atom stereocenters. The van der Waals surface area contributed by atoms with Crippen molar-refractivity contribution in [2.75, 3.05) is 16.8 Å². The van der Waals surface area contributed by atoms with E-state index >= 15 is 0 Å². The van der Waals surface area contributed by atoms with Gasteiger partial charge in [-0.25, -0.2) is 9.37 Å². The first kappa shape index (κ1) is 23.3. The van der Waals surface area contributed by atoms with Crippen LogP contribution in [0.3, 0.4) is 0 Å². The summed E-state index contributed by atoms with van der Waals surface area (Å²) in [5.41, 5.74) is -4.82. The van der Waals surface area contributed by atoms with Crippen molar-refractivity contribution in [3.63, 3.8) is 0 Å². The molecule has 2 heterocycles. The maximum Gasteiger partial charge on any atom is 0.419 e. The molecule has 0 spiro atoms. The Morgan fingerprint density at radius 1 is 1.28 bits per heavy atom. The Hall–Kier alpha value is -3.33. The number of halogens is 4. The van der Waals surface area contributed by atoms with Crippen molar-refractivity contribution in [1.82, 2.24) is 10.3 Å². The molecule has 1 N–H and O–H groups in total. The van der Waals surface area contributed by atoms with E-state index in [1.165, 1.54) is 44.0 Å². The van der Waals surface area contributed by atoms with Gasteiger partial charge in [0.2, 0.25) is 0 Å². The van der Waals surface area contributed by atoms with E-state index in [1.807, 2.05) is 0 Å². The fraction of sp³-hybridized carbons (Fsp3) is 0.300. The number of pyridine rings is 1. The number of carbonyl (C=O) groups is 2. The zero-order valence-electron chi connectivity index (χ0n) is 17.0. The Bertz CT molecular complexity index is 1150. The van der Waals surface area contributed by atoms with Gasteiger partial charge in [0.1, 0.15) is 17.4 Å². The van der Waals surface area contributed by atoms with Crippen molar-refractivity contribution in [3.8, 4) is 6.07 Å². The highest BCUT2D eigenvalue weighted by Gasteiger charge is 2.52. The van der Waals surface area contributed by atoms with E-state index in [0.29, 0.717) is 6.07 Å². The van der Waals surface area contributed by atoms with Crippen LogP contribution in [0, 0.1) is 17.1 Å². The second kappa shape index (κ2) is 7.98. The van der Waals surface area contributed by atoms with E-state index in [0.717, 1.165) is 17.2 Å². The molecular formula is C20H17F4N5O2S. The highest BCUT2D eigenvalue weighted by atomic mass is 32.1. The number of thiol groups is 1. The molecule has 1 aromatic heterocycles. The van der Waals surface area contributed by atoms with Crippen molar-refractivity contribution in [2.45, 2.75) is 31.1 Å². The standard InChI is InChI=1S/C20H17F4N5O2S/c1-19(2)17(31)28(11-6-13(20(22,23)24)15(8-25)27-9-11)18(32)29(19)10-4-5-12(14(21)7-10)16(30)26-3/h4-7,9,18,32H,1-3H3,(H,26,30). The molecule has 1 saturated heterocycles. The minimum Gasteiger partial charge on any atom is -0.355 e. The van der Waals surface area contributed by atoms with Gasteiger partial charge in [0.15, 0.2) is 11.2 Å². The normalized spacial score (nSPS) is 18.0. The molecule has 0 aliphatic carbocycles. The number of amides is 2. The largest absolute Gasteiger partial charge is 0.419 e. The van der Waals surface area contributed by atoms with E-state index in [4.69, 9.17) is 5.26 Å². The molecular weight excluding hydrogens is 450 g/mol. The number of carbonyl (C=O) groups excluding carboxylic acids is 2. The predicted molar refractivity (Wildman–Crippen MR) is 111 cm³/mol. The molecule has 2 amide bonds. The van der Waals surface area contributed by atoms with Crippen LogP contribution in [0.5, 0.6) is 0 Å². The average molecular weight is 467 g/mol. The zero-order valence-corrected chi connectivity index (χ0v) is 17.9. The zero-order chi connectivity index (χ0) is 24.0. The number of nitrogens with zero attached hydrogens (tertiary/aromatic N) is 4. The summed E-state index contributed by atoms with van der Waals surface area (Å²) in [4.78, 5) is 30.8. The Morgan fingerprint density at radius 3 is 2.47 bits per heavy atom. The lowest BCUT2D eigenvalue weighted by Crippen LogP contribution is -2.45. The Morgan fingerprint density at radius 2 is 1.94 bits per heavy atom. The quantitative estimate of drug-likeness (QED) is 0.534. The van der Waals surface area contributed by atoms with Crippen LogP contribution in [0.2, 0.25) is 0 Å². The maximum absolute atomic E-state index is 14.5. The summed E-state index contributed by atoms with van der Waals surface area (Å²) < 4.78 is 54.6. The van der Waals surface area contributed by atoms with E-state index < -0.39 is 46.1 Å². The molecule has 1 aliphatic heterocycles. The highest BCUT2D eigenvalue weighted by molar-refractivity contribution is 7.81. The fourth-order valence-corrected chi connectivity index (χ4v) is 4.14. The lowest BCUT2D eigenvalue weighted by Gasteiger charge is -2.33. The van der Waals surface area contributed by atoms with E-state index in [-0.39, 0.29) is 16.9 Å². The second-order valence-corrected chi connectivity index (χ2v) is 7.85. The first-order valence-electron chi connectivity index (χ1n) is 9.14. The maximum atomic E-state index is 14.5. The molecule has 1 aliphatic rings. The van der Waals surface area contributed by atoms with Gasteiger partial charge in [-0.05, 0) is 38.1 Å². The number of anilines is 2. The first-order chi connectivity index (χ1) is 14.8. The van der Waals surface area contributed by atoms with Crippen LogP contribution >= 0.6 is 12.6 Å². The van der Waals surface area contributed by atoms with Crippen LogP contribution in [0.15, 0.2) is 30.5 Å². The summed E-state index contributed by atoms with van der Waals surface area (Å²) in [6.07, 6.45) is -3.89. The molecule has 1 aromatic carbocycles. The number of rotatable bonds is 3. The smallest absolute Gasteiger partial charge is 0.355 e. The first-order valence-corrected chi connectivity index (χ1v) is 9.66. The summed E-state index contributed by atoms with van der Waals surface area (Å²) in [5, 5.41) is 11.2. The second-order valence-electron chi connectivity index (χ2n) is 7.39. The highest BCUT2D eigenvalue weighted by Crippen LogP contribution is 2.42. The minimum atomic E-state index is -4.86. The Labute approximate surface area is 186 Å².